The molecule has 0 unspecified atom stereocenters. The largest absolute Gasteiger partial charge is 0.419 e. The summed E-state index contributed by atoms with van der Waals surface area (Å²) in [5, 5.41) is 20.2. The second-order valence-electron chi connectivity index (χ2n) is 6.74. The molecule has 30 heavy (non-hydrogen) atoms. The SMILES string of the molecule is C[C@@H](Sc1nnc(N2CCOCC2)n1-c1ccccc1)c1nnc(-c2cccs2)o1. The zero-order valence-electron chi connectivity index (χ0n) is 16.3. The monoisotopic (exact) mass is 440 g/mol. The van der Waals surface area contributed by atoms with Crippen LogP contribution in [0.1, 0.15) is 18.1 Å². The van der Waals surface area contributed by atoms with Gasteiger partial charge in [0.05, 0.1) is 29.0 Å². The van der Waals surface area contributed by atoms with Gasteiger partial charge in [-0.3, -0.25) is 4.57 Å². The standard InChI is InChI=1S/C20H20N6O2S2/c1-14(17-21-22-18(28-17)16-8-5-13-29-16)30-20-24-23-19(25-9-11-27-12-10-25)26(20)15-6-3-2-4-7-15/h2-8,13-14H,9-12H2,1H3/t14-/m1/s1. The van der Waals surface area contributed by atoms with Crippen molar-refractivity contribution in [3.8, 4) is 16.5 Å². The quantitative estimate of drug-likeness (QED) is 0.415. The lowest BCUT2D eigenvalue weighted by molar-refractivity contribution is 0.122. The van der Waals surface area contributed by atoms with Crippen LogP contribution < -0.4 is 4.90 Å². The molecule has 1 saturated heterocycles. The van der Waals surface area contributed by atoms with E-state index in [-0.39, 0.29) is 5.25 Å². The number of morpholine rings is 1. The van der Waals surface area contributed by atoms with E-state index >= 15 is 0 Å². The third kappa shape index (κ3) is 3.85. The molecular weight excluding hydrogens is 420 g/mol. The lowest BCUT2D eigenvalue weighted by Crippen LogP contribution is -2.37. The number of ether oxygens (including phenoxy) is 1. The van der Waals surface area contributed by atoms with Crippen LogP contribution in [0.15, 0.2) is 57.4 Å². The van der Waals surface area contributed by atoms with Gasteiger partial charge in [0.25, 0.3) is 5.89 Å². The summed E-state index contributed by atoms with van der Waals surface area (Å²) in [7, 11) is 0. The average molecular weight is 441 g/mol. The second kappa shape index (κ2) is 8.58. The summed E-state index contributed by atoms with van der Waals surface area (Å²) < 4.78 is 13.5. The van der Waals surface area contributed by atoms with Crippen LogP contribution in [0.2, 0.25) is 0 Å². The number of aromatic nitrogens is 5. The lowest BCUT2D eigenvalue weighted by Gasteiger charge is -2.28. The number of hydrogen-bond acceptors (Lipinski definition) is 9. The maximum absolute atomic E-state index is 5.91. The molecule has 0 aliphatic carbocycles. The highest BCUT2D eigenvalue weighted by Gasteiger charge is 2.25. The van der Waals surface area contributed by atoms with E-state index in [1.165, 1.54) is 0 Å². The minimum atomic E-state index is -0.0737. The molecule has 1 atom stereocenters. The van der Waals surface area contributed by atoms with E-state index in [0.29, 0.717) is 25.0 Å². The van der Waals surface area contributed by atoms with E-state index in [1.54, 1.807) is 23.1 Å². The predicted octanol–water partition coefficient (Wildman–Crippen LogP) is 4.07. The van der Waals surface area contributed by atoms with Gasteiger partial charge in [-0.2, -0.15) is 0 Å². The molecule has 0 N–H and O–H groups in total. The third-order valence-electron chi connectivity index (χ3n) is 4.73. The summed E-state index contributed by atoms with van der Waals surface area (Å²) in [6, 6.07) is 14.1. The van der Waals surface area contributed by atoms with Crippen molar-refractivity contribution in [2.75, 3.05) is 31.2 Å². The molecular formula is C20H20N6O2S2. The lowest BCUT2D eigenvalue weighted by atomic mass is 10.3. The molecule has 8 nitrogen and oxygen atoms in total. The van der Waals surface area contributed by atoms with Crippen molar-refractivity contribution in [1.82, 2.24) is 25.0 Å². The highest BCUT2D eigenvalue weighted by atomic mass is 32.2. The van der Waals surface area contributed by atoms with Gasteiger partial charge >= 0.3 is 0 Å². The first-order valence-corrected chi connectivity index (χ1v) is 11.4. The predicted molar refractivity (Wildman–Crippen MR) is 116 cm³/mol. The Hall–Kier alpha value is -2.69. The van der Waals surface area contributed by atoms with Gasteiger partial charge < -0.3 is 14.1 Å². The van der Waals surface area contributed by atoms with Gasteiger partial charge in [-0.25, -0.2) is 0 Å². The third-order valence-corrected chi connectivity index (χ3v) is 6.62. The Morgan fingerprint density at radius 2 is 1.83 bits per heavy atom. The minimum absolute atomic E-state index is 0.0737. The van der Waals surface area contributed by atoms with Crippen LogP contribution in [0.5, 0.6) is 0 Å². The summed E-state index contributed by atoms with van der Waals surface area (Å²) in [6.07, 6.45) is 0. The zero-order valence-corrected chi connectivity index (χ0v) is 18.0. The first-order valence-electron chi connectivity index (χ1n) is 9.67. The van der Waals surface area contributed by atoms with Gasteiger partial charge in [0.1, 0.15) is 0 Å². The number of thioether (sulfide) groups is 1. The van der Waals surface area contributed by atoms with Crippen LogP contribution >= 0.6 is 23.1 Å². The van der Waals surface area contributed by atoms with Gasteiger partial charge in [0.15, 0.2) is 5.16 Å². The number of hydrogen-bond donors (Lipinski definition) is 0. The van der Waals surface area contributed by atoms with E-state index in [1.807, 2.05) is 42.6 Å². The number of thiophene rings is 1. The summed E-state index contributed by atoms with van der Waals surface area (Å²) in [5.74, 6) is 1.94. The molecule has 0 radical (unpaired) electrons. The van der Waals surface area contributed by atoms with E-state index in [2.05, 4.69) is 42.0 Å². The number of para-hydroxylation sites is 1. The van der Waals surface area contributed by atoms with Crippen molar-refractivity contribution < 1.29 is 9.15 Å². The molecule has 0 saturated carbocycles. The van der Waals surface area contributed by atoms with Crippen molar-refractivity contribution >= 4 is 29.0 Å². The Labute approximate surface area is 181 Å². The fourth-order valence-electron chi connectivity index (χ4n) is 3.22. The Morgan fingerprint density at radius 3 is 2.60 bits per heavy atom. The van der Waals surface area contributed by atoms with Crippen molar-refractivity contribution in [2.24, 2.45) is 0 Å². The fourth-order valence-corrected chi connectivity index (χ4v) is 4.75. The molecule has 4 heterocycles. The zero-order chi connectivity index (χ0) is 20.3. The number of benzene rings is 1. The second-order valence-corrected chi connectivity index (χ2v) is 8.99. The van der Waals surface area contributed by atoms with Gasteiger partial charge in [-0.15, -0.1) is 31.7 Å². The van der Waals surface area contributed by atoms with Gasteiger partial charge in [-0.1, -0.05) is 36.0 Å². The normalized spacial score (nSPS) is 15.4. The average Bonchev–Trinajstić information content (AvgIpc) is 3.55. The van der Waals surface area contributed by atoms with E-state index in [0.717, 1.165) is 34.8 Å². The molecule has 0 amide bonds. The highest BCUT2D eigenvalue weighted by Crippen LogP contribution is 2.37. The van der Waals surface area contributed by atoms with Gasteiger partial charge in [-0.05, 0) is 30.5 Å². The Morgan fingerprint density at radius 1 is 1.00 bits per heavy atom. The molecule has 1 aliphatic rings. The smallest absolute Gasteiger partial charge is 0.257 e. The van der Waals surface area contributed by atoms with Crippen LogP contribution in [0.25, 0.3) is 16.5 Å². The summed E-state index contributed by atoms with van der Waals surface area (Å²) in [4.78, 5) is 3.17. The Balaban J connectivity index is 1.44. The van der Waals surface area contributed by atoms with Crippen LogP contribution in [0.4, 0.5) is 5.95 Å². The topological polar surface area (TPSA) is 82.1 Å². The number of nitrogens with zero attached hydrogens (tertiary/aromatic N) is 6. The Kier molecular flexibility index (Phi) is 5.52. The Bertz CT molecular complexity index is 1090. The van der Waals surface area contributed by atoms with Crippen LogP contribution in [0, 0.1) is 0 Å². The molecule has 3 aromatic heterocycles. The molecule has 10 heteroatoms. The van der Waals surface area contributed by atoms with E-state index in [9.17, 15) is 0 Å². The maximum atomic E-state index is 5.91. The summed E-state index contributed by atoms with van der Waals surface area (Å²) >= 11 is 3.13. The van der Waals surface area contributed by atoms with Gasteiger partial charge in [0.2, 0.25) is 11.8 Å². The first kappa shape index (κ1) is 19.3. The molecule has 5 rings (SSSR count). The minimum Gasteiger partial charge on any atom is -0.419 e. The molecule has 0 spiro atoms. The first-order chi connectivity index (χ1) is 14.8. The molecule has 1 aromatic carbocycles. The maximum Gasteiger partial charge on any atom is 0.257 e. The van der Waals surface area contributed by atoms with E-state index in [4.69, 9.17) is 9.15 Å². The van der Waals surface area contributed by atoms with Crippen molar-refractivity contribution in [2.45, 2.75) is 17.3 Å². The van der Waals surface area contributed by atoms with Crippen LogP contribution in [-0.4, -0.2) is 51.3 Å². The molecule has 0 bridgehead atoms. The molecule has 1 aliphatic heterocycles. The van der Waals surface area contributed by atoms with Crippen molar-refractivity contribution in [1.29, 1.82) is 0 Å². The van der Waals surface area contributed by atoms with Gasteiger partial charge in [0, 0.05) is 13.1 Å². The fraction of sp³-hybridized carbons (Fsp3) is 0.300. The van der Waals surface area contributed by atoms with Crippen LogP contribution in [-0.2, 0) is 4.74 Å². The number of anilines is 1. The summed E-state index contributed by atoms with van der Waals surface area (Å²) in [5.41, 5.74) is 1.02. The number of rotatable bonds is 6. The summed E-state index contributed by atoms with van der Waals surface area (Å²) in [6.45, 7) is 4.99. The van der Waals surface area contributed by atoms with E-state index < -0.39 is 0 Å². The highest BCUT2D eigenvalue weighted by molar-refractivity contribution is 7.99. The van der Waals surface area contributed by atoms with Crippen LogP contribution in [0.3, 0.4) is 0 Å². The van der Waals surface area contributed by atoms with Crippen molar-refractivity contribution in [3.63, 3.8) is 0 Å². The molecule has 4 aromatic rings. The molecule has 1 fully saturated rings. The molecule has 154 valence electrons. The van der Waals surface area contributed by atoms with Crippen molar-refractivity contribution in [3.05, 3.63) is 53.7 Å².